The Kier molecular flexibility index (Phi) is 3.93. The number of nitrogens with one attached hydrogen (secondary N) is 1. The molecule has 0 atom stereocenters. The molecule has 0 saturated heterocycles. The van der Waals surface area contributed by atoms with Crippen LogP contribution in [0.2, 0.25) is 0 Å². The lowest BCUT2D eigenvalue weighted by Gasteiger charge is -2.04. The Morgan fingerprint density at radius 2 is 2.29 bits per heavy atom. The van der Waals surface area contributed by atoms with Gasteiger partial charge in [0, 0.05) is 44.3 Å². The van der Waals surface area contributed by atoms with Gasteiger partial charge in [-0.3, -0.25) is 9.36 Å². The quantitative estimate of drug-likeness (QED) is 0.760. The molecule has 0 aromatic carbocycles. The van der Waals surface area contributed by atoms with E-state index in [-0.39, 0.29) is 0 Å². The van der Waals surface area contributed by atoms with Gasteiger partial charge in [-0.2, -0.15) is 10.2 Å². The van der Waals surface area contributed by atoms with E-state index in [1.807, 2.05) is 41.8 Å². The summed E-state index contributed by atoms with van der Waals surface area (Å²) in [5, 5.41) is 11.9. The largest absolute Gasteiger partial charge is 0.312 e. The van der Waals surface area contributed by atoms with Crippen LogP contribution >= 0.6 is 0 Å². The van der Waals surface area contributed by atoms with Crippen molar-refractivity contribution in [2.45, 2.75) is 26.4 Å². The Bertz CT molecular complexity index is 443. The summed E-state index contributed by atoms with van der Waals surface area (Å²) < 4.78 is 3.81. The zero-order valence-electron chi connectivity index (χ0n) is 10.4. The summed E-state index contributed by atoms with van der Waals surface area (Å²) in [4.78, 5) is 0. The average molecular weight is 233 g/mol. The number of hydrogen-bond donors (Lipinski definition) is 1. The third-order valence-corrected chi connectivity index (χ3v) is 2.73. The first-order chi connectivity index (χ1) is 8.25. The van der Waals surface area contributed by atoms with Crippen molar-refractivity contribution in [2.75, 3.05) is 6.54 Å². The molecule has 0 fully saturated rings. The van der Waals surface area contributed by atoms with E-state index in [2.05, 4.69) is 21.7 Å². The van der Waals surface area contributed by atoms with Gasteiger partial charge >= 0.3 is 0 Å². The molecule has 0 amide bonds. The van der Waals surface area contributed by atoms with E-state index in [0.29, 0.717) is 0 Å². The van der Waals surface area contributed by atoms with E-state index in [1.54, 1.807) is 0 Å². The lowest BCUT2D eigenvalue weighted by atomic mass is 10.2. The van der Waals surface area contributed by atoms with Crippen LogP contribution in [0.3, 0.4) is 0 Å². The van der Waals surface area contributed by atoms with Crippen LogP contribution in [0.1, 0.15) is 17.7 Å². The molecular weight excluding hydrogens is 214 g/mol. The lowest BCUT2D eigenvalue weighted by Crippen LogP contribution is -2.16. The zero-order chi connectivity index (χ0) is 12.1. The summed E-state index contributed by atoms with van der Waals surface area (Å²) in [7, 11) is 1.95. The molecule has 92 valence electrons. The first kappa shape index (κ1) is 11.9. The van der Waals surface area contributed by atoms with Crippen molar-refractivity contribution < 1.29 is 0 Å². The Hall–Kier alpha value is -1.62. The molecule has 0 aliphatic rings. The summed E-state index contributed by atoms with van der Waals surface area (Å²) in [6.07, 6.45) is 6.95. The summed E-state index contributed by atoms with van der Waals surface area (Å²) in [5.74, 6) is 0. The van der Waals surface area contributed by atoms with E-state index in [0.717, 1.165) is 31.7 Å². The second-order valence-electron chi connectivity index (χ2n) is 4.21. The highest BCUT2D eigenvalue weighted by molar-refractivity contribution is 5.14. The Morgan fingerprint density at radius 3 is 2.94 bits per heavy atom. The highest BCUT2D eigenvalue weighted by Gasteiger charge is 2.01. The van der Waals surface area contributed by atoms with Crippen molar-refractivity contribution >= 4 is 0 Å². The van der Waals surface area contributed by atoms with Gasteiger partial charge in [0.05, 0.1) is 5.69 Å². The van der Waals surface area contributed by atoms with Crippen LogP contribution in [-0.4, -0.2) is 26.1 Å². The average Bonchev–Trinajstić information content (AvgIpc) is 2.89. The third-order valence-electron chi connectivity index (χ3n) is 2.73. The standard InChI is InChI=1S/C12H19N5/c1-11-12(10-16(2)15-11)9-13-5-3-7-17-8-4-6-14-17/h4,6,8,10,13H,3,5,7,9H2,1-2H3. The van der Waals surface area contributed by atoms with E-state index in [9.17, 15) is 0 Å². The Balaban J connectivity index is 1.65. The smallest absolute Gasteiger partial charge is 0.0638 e. The Morgan fingerprint density at radius 1 is 1.41 bits per heavy atom. The van der Waals surface area contributed by atoms with Crippen LogP contribution in [0.4, 0.5) is 0 Å². The summed E-state index contributed by atoms with van der Waals surface area (Å²) >= 11 is 0. The van der Waals surface area contributed by atoms with E-state index in [4.69, 9.17) is 0 Å². The molecule has 0 spiro atoms. The van der Waals surface area contributed by atoms with Crippen molar-refractivity contribution in [3.8, 4) is 0 Å². The lowest BCUT2D eigenvalue weighted by molar-refractivity contribution is 0.543. The van der Waals surface area contributed by atoms with Crippen molar-refractivity contribution in [2.24, 2.45) is 7.05 Å². The minimum Gasteiger partial charge on any atom is -0.312 e. The summed E-state index contributed by atoms with van der Waals surface area (Å²) in [6, 6.07) is 1.95. The summed E-state index contributed by atoms with van der Waals surface area (Å²) in [5.41, 5.74) is 2.37. The molecule has 0 radical (unpaired) electrons. The minimum atomic E-state index is 0.888. The van der Waals surface area contributed by atoms with Crippen LogP contribution in [0, 0.1) is 6.92 Å². The van der Waals surface area contributed by atoms with Crippen molar-refractivity contribution in [3.63, 3.8) is 0 Å². The van der Waals surface area contributed by atoms with E-state index >= 15 is 0 Å². The van der Waals surface area contributed by atoms with Crippen molar-refractivity contribution in [1.82, 2.24) is 24.9 Å². The van der Waals surface area contributed by atoms with E-state index < -0.39 is 0 Å². The maximum absolute atomic E-state index is 4.31. The van der Waals surface area contributed by atoms with Gasteiger partial charge in [0.1, 0.15) is 0 Å². The van der Waals surface area contributed by atoms with E-state index in [1.165, 1.54) is 5.56 Å². The molecular formula is C12H19N5. The Labute approximate surface area is 101 Å². The molecule has 0 aliphatic carbocycles. The monoisotopic (exact) mass is 233 g/mol. The molecule has 0 bridgehead atoms. The van der Waals surface area contributed by atoms with Gasteiger partial charge in [0.2, 0.25) is 0 Å². The summed E-state index contributed by atoms with van der Waals surface area (Å²) in [6.45, 7) is 4.89. The highest BCUT2D eigenvalue weighted by atomic mass is 15.3. The number of aromatic nitrogens is 4. The molecule has 17 heavy (non-hydrogen) atoms. The van der Waals surface area contributed by atoms with Gasteiger partial charge in [-0.15, -0.1) is 0 Å². The maximum atomic E-state index is 4.31. The molecule has 0 saturated carbocycles. The molecule has 2 aromatic rings. The fraction of sp³-hybridized carbons (Fsp3) is 0.500. The molecule has 0 unspecified atom stereocenters. The molecule has 2 heterocycles. The molecule has 2 rings (SSSR count). The number of rotatable bonds is 6. The van der Waals surface area contributed by atoms with Crippen LogP contribution in [-0.2, 0) is 20.1 Å². The molecule has 0 aliphatic heterocycles. The van der Waals surface area contributed by atoms with Crippen LogP contribution in [0.15, 0.2) is 24.7 Å². The fourth-order valence-electron chi connectivity index (χ4n) is 1.84. The van der Waals surface area contributed by atoms with Gasteiger partial charge in [-0.05, 0) is 26.0 Å². The second kappa shape index (κ2) is 5.63. The van der Waals surface area contributed by atoms with Crippen LogP contribution in [0.25, 0.3) is 0 Å². The van der Waals surface area contributed by atoms with Gasteiger partial charge in [0.15, 0.2) is 0 Å². The minimum absolute atomic E-state index is 0.888. The van der Waals surface area contributed by atoms with Crippen molar-refractivity contribution in [1.29, 1.82) is 0 Å². The van der Waals surface area contributed by atoms with Gasteiger partial charge < -0.3 is 5.32 Å². The topological polar surface area (TPSA) is 47.7 Å². The molecule has 1 N–H and O–H groups in total. The van der Waals surface area contributed by atoms with Gasteiger partial charge in [-0.25, -0.2) is 0 Å². The molecule has 2 aromatic heterocycles. The predicted molar refractivity (Wildman–Crippen MR) is 66.5 cm³/mol. The molecule has 5 nitrogen and oxygen atoms in total. The van der Waals surface area contributed by atoms with Gasteiger partial charge in [0.25, 0.3) is 0 Å². The normalized spacial score (nSPS) is 10.9. The highest BCUT2D eigenvalue weighted by Crippen LogP contribution is 2.03. The van der Waals surface area contributed by atoms with Crippen molar-refractivity contribution in [3.05, 3.63) is 35.9 Å². The van der Waals surface area contributed by atoms with Gasteiger partial charge in [-0.1, -0.05) is 0 Å². The zero-order valence-corrected chi connectivity index (χ0v) is 10.4. The fourth-order valence-corrected chi connectivity index (χ4v) is 1.84. The number of nitrogens with zero attached hydrogens (tertiary/aromatic N) is 4. The maximum Gasteiger partial charge on any atom is 0.0638 e. The van der Waals surface area contributed by atoms with Crippen LogP contribution < -0.4 is 5.32 Å². The SMILES string of the molecule is Cc1nn(C)cc1CNCCCn1cccn1. The molecule has 5 heteroatoms. The predicted octanol–water partition coefficient (Wildman–Crippen LogP) is 1.10. The second-order valence-corrected chi connectivity index (χ2v) is 4.21. The number of aryl methyl sites for hydroxylation is 3. The first-order valence-corrected chi connectivity index (χ1v) is 5.93. The third kappa shape index (κ3) is 3.42. The number of hydrogen-bond acceptors (Lipinski definition) is 3. The first-order valence-electron chi connectivity index (χ1n) is 5.93. The van der Waals surface area contributed by atoms with Crippen LogP contribution in [0.5, 0.6) is 0 Å².